The summed E-state index contributed by atoms with van der Waals surface area (Å²) in [6.45, 7) is 2.89. The molecule has 0 bridgehead atoms. The van der Waals surface area contributed by atoms with Crippen LogP contribution in [0.3, 0.4) is 0 Å². The van der Waals surface area contributed by atoms with E-state index in [0.717, 1.165) is 16.9 Å². The number of benzene rings is 1. The highest BCUT2D eigenvalue weighted by Crippen LogP contribution is 2.28. The van der Waals surface area contributed by atoms with Crippen molar-refractivity contribution in [2.24, 2.45) is 0 Å². The first kappa shape index (κ1) is 14.2. The van der Waals surface area contributed by atoms with E-state index >= 15 is 0 Å². The minimum absolute atomic E-state index is 0.179. The van der Waals surface area contributed by atoms with E-state index in [1.807, 2.05) is 30.5 Å². The van der Waals surface area contributed by atoms with Crippen molar-refractivity contribution in [3.8, 4) is 10.4 Å². The van der Waals surface area contributed by atoms with E-state index in [2.05, 4.69) is 5.32 Å². The third kappa shape index (κ3) is 3.86. The van der Waals surface area contributed by atoms with Crippen LogP contribution in [0.5, 0.6) is 0 Å². The zero-order valence-electron chi connectivity index (χ0n) is 10.9. The normalized spacial score (nSPS) is 12.6. The van der Waals surface area contributed by atoms with Crippen LogP contribution < -0.4 is 5.32 Å². The minimum atomic E-state index is -0.186. The van der Waals surface area contributed by atoms with Crippen LogP contribution in [0, 0.1) is 5.82 Å². The average molecular weight is 279 g/mol. The Morgan fingerprint density at radius 3 is 2.89 bits per heavy atom. The molecule has 2 rings (SSSR count). The SMILES string of the molecule is CC(CCO)NCc1ccc(F)c(-c2cccs2)c1. The maximum absolute atomic E-state index is 13.8. The van der Waals surface area contributed by atoms with E-state index in [-0.39, 0.29) is 18.5 Å². The van der Waals surface area contributed by atoms with Crippen LogP contribution in [0.2, 0.25) is 0 Å². The lowest BCUT2D eigenvalue weighted by Gasteiger charge is -2.13. The Morgan fingerprint density at radius 1 is 1.37 bits per heavy atom. The molecule has 0 radical (unpaired) electrons. The number of thiophene rings is 1. The molecular formula is C15H18FNOS. The van der Waals surface area contributed by atoms with Gasteiger partial charge in [-0.1, -0.05) is 12.1 Å². The van der Waals surface area contributed by atoms with E-state index < -0.39 is 0 Å². The molecule has 102 valence electrons. The summed E-state index contributed by atoms with van der Waals surface area (Å²) in [6, 6.07) is 9.30. The highest BCUT2D eigenvalue weighted by Gasteiger charge is 2.08. The van der Waals surface area contributed by atoms with Gasteiger partial charge in [0.25, 0.3) is 0 Å². The second-order valence-electron chi connectivity index (χ2n) is 4.59. The summed E-state index contributed by atoms with van der Waals surface area (Å²) in [7, 11) is 0. The molecule has 2 aromatic rings. The molecule has 1 aromatic carbocycles. The van der Waals surface area contributed by atoms with Crippen LogP contribution in [-0.4, -0.2) is 17.8 Å². The molecule has 0 amide bonds. The lowest BCUT2D eigenvalue weighted by Crippen LogP contribution is -2.26. The van der Waals surface area contributed by atoms with Gasteiger partial charge in [0.1, 0.15) is 5.82 Å². The fourth-order valence-electron chi connectivity index (χ4n) is 1.89. The van der Waals surface area contributed by atoms with Gasteiger partial charge < -0.3 is 10.4 Å². The average Bonchev–Trinajstić information content (AvgIpc) is 2.92. The first-order valence-corrected chi connectivity index (χ1v) is 7.25. The highest BCUT2D eigenvalue weighted by molar-refractivity contribution is 7.13. The largest absolute Gasteiger partial charge is 0.396 e. The number of aliphatic hydroxyl groups excluding tert-OH is 1. The van der Waals surface area contributed by atoms with Gasteiger partial charge in [0.2, 0.25) is 0 Å². The molecule has 0 aliphatic carbocycles. The van der Waals surface area contributed by atoms with Gasteiger partial charge in [-0.15, -0.1) is 11.3 Å². The van der Waals surface area contributed by atoms with E-state index in [1.165, 1.54) is 17.4 Å². The molecule has 2 nitrogen and oxygen atoms in total. The van der Waals surface area contributed by atoms with Gasteiger partial charge in [-0.05, 0) is 42.5 Å². The summed E-state index contributed by atoms with van der Waals surface area (Å²) in [6.07, 6.45) is 0.721. The summed E-state index contributed by atoms with van der Waals surface area (Å²) in [4.78, 5) is 0.947. The van der Waals surface area contributed by atoms with Crippen molar-refractivity contribution >= 4 is 11.3 Å². The van der Waals surface area contributed by atoms with Crippen molar-refractivity contribution in [3.63, 3.8) is 0 Å². The quantitative estimate of drug-likeness (QED) is 0.849. The molecule has 0 aliphatic rings. The summed E-state index contributed by atoms with van der Waals surface area (Å²) >= 11 is 1.54. The van der Waals surface area contributed by atoms with Crippen molar-refractivity contribution in [1.82, 2.24) is 5.32 Å². The summed E-state index contributed by atoms with van der Waals surface area (Å²) in [5.41, 5.74) is 1.71. The van der Waals surface area contributed by atoms with E-state index in [9.17, 15) is 4.39 Å². The number of nitrogens with one attached hydrogen (secondary N) is 1. The zero-order chi connectivity index (χ0) is 13.7. The summed E-state index contributed by atoms with van der Waals surface area (Å²) < 4.78 is 13.8. The van der Waals surface area contributed by atoms with Gasteiger partial charge in [0, 0.05) is 29.6 Å². The van der Waals surface area contributed by atoms with Crippen molar-refractivity contribution < 1.29 is 9.50 Å². The van der Waals surface area contributed by atoms with Gasteiger partial charge in [-0.25, -0.2) is 4.39 Å². The van der Waals surface area contributed by atoms with E-state index in [1.54, 1.807) is 6.07 Å². The Labute approximate surface area is 116 Å². The predicted octanol–water partition coefficient (Wildman–Crippen LogP) is 3.41. The third-order valence-corrected chi connectivity index (χ3v) is 3.94. The molecule has 4 heteroatoms. The summed E-state index contributed by atoms with van der Waals surface area (Å²) in [5, 5.41) is 14.1. The van der Waals surface area contributed by atoms with Crippen LogP contribution in [0.25, 0.3) is 10.4 Å². The Bertz CT molecular complexity index is 513. The fourth-order valence-corrected chi connectivity index (χ4v) is 2.64. The number of rotatable bonds is 6. The molecule has 0 fully saturated rings. The second-order valence-corrected chi connectivity index (χ2v) is 5.53. The lowest BCUT2D eigenvalue weighted by molar-refractivity contribution is 0.268. The van der Waals surface area contributed by atoms with Gasteiger partial charge in [0.15, 0.2) is 0 Å². The minimum Gasteiger partial charge on any atom is -0.396 e. The van der Waals surface area contributed by atoms with Gasteiger partial charge in [-0.2, -0.15) is 0 Å². The Kier molecular flexibility index (Phi) is 5.07. The monoisotopic (exact) mass is 279 g/mol. The Morgan fingerprint density at radius 2 is 2.21 bits per heavy atom. The van der Waals surface area contributed by atoms with Gasteiger partial charge >= 0.3 is 0 Å². The predicted molar refractivity (Wildman–Crippen MR) is 77.7 cm³/mol. The standard InChI is InChI=1S/C15H18FNOS/c1-11(6-7-18)17-10-12-4-5-14(16)13(9-12)15-3-2-8-19-15/h2-5,8-9,11,17-18H,6-7,10H2,1H3. The van der Waals surface area contributed by atoms with Crippen molar-refractivity contribution in [3.05, 3.63) is 47.1 Å². The van der Waals surface area contributed by atoms with Crippen LogP contribution in [0.15, 0.2) is 35.7 Å². The number of aliphatic hydroxyl groups is 1. The molecule has 1 aromatic heterocycles. The molecule has 2 N–H and O–H groups in total. The number of halogens is 1. The molecule has 19 heavy (non-hydrogen) atoms. The van der Waals surface area contributed by atoms with E-state index in [4.69, 9.17) is 5.11 Å². The number of hydrogen-bond acceptors (Lipinski definition) is 3. The van der Waals surface area contributed by atoms with Crippen molar-refractivity contribution in [1.29, 1.82) is 0 Å². The maximum Gasteiger partial charge on any atom is 0.131 e. The van der Waals surface area contributed by atoms with Crippen molar-refractivity contribution in [2.75, 3.05) is 6.61 Å². The second kappa shape index (κ2) is 6.80. The first-order chi connectivity index (χ1) is 9.20. The Hall–Kier alpha value is -1.23. The summed E-state index contributed by atoms with van der Waals surface area (Å²) in [5.74, 6) is -0.186. The van der Waals surface area contributed by atoms with Crippen molar-refractivity contribution in [2.45, 2.75) is 25.9 Å². The first-order valence-electron chi connectivity index (χ1n) is 6.37. The topological polar surface area (TPSA) is 32.3 Å². The maximum atomic E-state index is 13.8. The molecule has 0 saturated heterocycles. The molecule has 1 atom stereocenters. The van der Waals surface area contributed by atoms with Crippen LogP contribution >= 0.6 is 11.3 Å². The third-order valence-electron chi connectivity index (χ3n) is 3.03. The number of hydrogen-bond donors (Lipinski definition) is 2. The van der Waals surface area contributed by atoms with Crippen LogP contribution in [0.4, 0.5) is 4.39 Å². The Balaban J connectivity index is 2.09. The van der Waals surface area contributed by atoms with Gasteiger partial charge in [0.05, 0.1) is 0 Å². The van der Waals surface area contributed by atoms with Crippen LogP contribution in [0.1, 0.15) is 18.9 Å². The molecule has 1 unspecified atom stereocenters. The van der Waals surface area contributed by atoms with E-state index in [0.29, 0.717) is 12.1 Å². The highest BCUT2D eigenvalue weighted by atomic mass is 32.1. The van der Waals surface area contributed by atoms with Crippen LogP contribution in [-0.2, 0) is 6.54 Å². The zero-order valence-corrected chi connectivity index (χ0v) is 11.7. The molecule has 1 heterocycles. The fraction of sp³-hybridized carbons (Fsp3) is 0.333. The van der Waals surface area contributed by atoms with Gasteiger partial charge in [-0.3, -0.25) is 0 Å². The molecular weight excluding hydrogens is 261 g/mol. The lowest BCUT2D eigenvalue weighted by atomic mass is 10.1. The smallest absolute Gasteiger partial charge is 0.131 e. The molecule has 0 saturated carbocycles. The molecule has 0 spiro atoms. The molecule has 0 aliphatic heterocycles.